The summed E-state index contributed by atoms with van der Waals surface area (Å²) in [7, 11) is 0. The largest absolute Gasteiger partial charge is 0.492 e. The number of nitrogens with two attached hydrogens (primary N) is 1. The van der Waals surface area contributed by atoms with Crippen LogP contribution in [0.15, 0.2) is 67.0 Å². The standard InChI is InChI=1S/C23H20N2O4/c1-14-13-28-20-12-16(6-7-19(20)21(14)26)29-22(15-8-10-25-11-9-15)17-4-2-3-5-18(17)23(24)27/h2-12,14,22H,13H2,1H3,(H2,24,27)/t14-,22+/m0/s1. The van der Waals surface area contributed by atoms with Gasteiger partial charge in [-0.05, 0) is 35.9 Å². The van der Waals surface area contributed by atoms with Crippen LogP contribution in [-0.4, -0.2) is 23.3 Å². The van der Waals surface area contributed by atoms with E-state index in [0.29, 0.717) is 34.8 Å². The average molecular weight is 388 g/mol. The Labute approximate surface area is 168 Å². The Morgan fingerprint density at radius 1 is 1.17 bits per heavy atom. The zero-order valence-electron chi connectivity index (χ0n) is 15.9. The number of benzene rings is 2. The van der Waals surface area contributed by atoms with E-state index in [4.69, 9.17) is 15.2 Å². The normalized spacial score (nSPS) is 16.4. The number of ether oxygens (including phenoxy) is 2. The molecule has 1 aliphatic heterocycles. The fourth-order valence-corrected chi connectivity index (χ4v) is 3.39. The Morgan fingerprint density at radius 3 is 2.69 bits per heavy atom. The van der Waals surface area contributed by atoms with Crippen molar-refractivity contribution in [3.05, 3.63) is 89.2 Å². The summed E-state index contributed by atoms with van der Waals surface area (Å²) >= 11 is 0. The second-order valence-electron chi connectivity index (χ2n) is 6.96. The molecule has 29 heavy (non-hydrogen) atoms. The maximum Gasteiger partial charge on any atom is 0.249 e. The molecule has 0 fully saturated rings. The highest BCUT2D eigenvalue weighted by molar-refractivity contribution is 6.01. The van der Waals surface area contributed by atoms with Crippen LogP contribution in [0, 0.1) is 5.92 Å². The molecule has 146 valence electrons. The van der Waals surface area contributed by atoms with Gasteiger partial charge in [0.05, 0.1) is 18.1 Å². The number of aromatic nitrogens is 1. The number of pyridine rings is 1. The van der Waals surface area contributed by atoms with E-state index in [1.807, 2.05) is 31.2 Å². The molecule has 0 saturated carbocycles. The van der Waals surface area contributed by atoms with Crippen molar-refractivity contribution in [2.75, 3.05) is 6.61 Å². The lowest BCUT2D eigenvalue weighted by atomic mass is 9.96. The van der Waals surface area contributed by atoms with Gasteiger partial charge in [0.25, 0.3) is 0 Å². The minimum absolute atomic E-state index is 0.0579. The number of fused-ring (bicyclic) bond motifs is 1. The third kappa shape index (κ3) is 3.69. The first-order valence-electron chi connectivity index (χ1n) is 9.31. The molecule has 0 spiro atoms. The van der Waals surface area contributed by atoms with E-state index in [9.17, 15) is 9.59 Å². The van der Waals surface area contributed by atoms with Crippen LogP contribution in [0.2, 0.25) is 0 Å². The minimum atomic E-state index is -0.585. The molecule has 1 aromatic heterocycles. The van der Waals surface area contributed by atoms with Crippen molar-refractivity contribution in [3.8, 4) is 11.5 Å². The second-order valence-corrected chi connectivity index (χ2v) is 6.96. The molecule has 0 aliphatic carbocycles. The van der Waals surface area contributed by atoms with Crippen molar-refractivity contribution in [1.82, 2.24) is 4.98 Å². The fraction of sp³-hybridized carbons (Fsp3) is 0.174. The highest BCUT2D eigenvalue weighted by Crippen LogP contribution is 2.35. The second kappa shape index (κ2) is 7.75. The molecular formula is C23H20N2O4. The van der Waals surface area contributed by atoms with Gasteiger partial charge in [-0.15, -0.1) is 0 Å². The number of carbonyl (C=O) groups excluding carboxylic acids is 2. The van der Waals surface area contributed by atoms with Crippen LogP contribution in [0.1, 0.15) is 44.9 Å². The first kappa shape index (κ1) is 18.7. The number of hydrogen-bond acceptors (Lipinski definition) is 5. The summed E-state index contributed by atoms with van der Waals surface area (Å²) in [6.07, 6.45) is 2.74. The predicted molar refractivity (Wildman–Crippen MR) is 107 cm³/mol. The summed E-state index contributed by atoms with van der Waals surface area (Å²) in [5.41, 5.74) is 7.98. The lowest BCUT2D eigenvalue weighted by Gasteiger charge is -2.24. The molecule has 2 aromatic carbocycles. The highest BCUT2D eigenvalue weighted by Gasteiger charge is 2.27. The number of rotatable bonds is 5. The van der Waals surface area contributed by atoms with Crippen molar-refractivity contribution < 1.29 is 19.1 Å². The molecule has 6 heteroatoms. The van der Waals surface area contributed by atoms with Gasteiger partial charge in [-0.3, -0.25) is 14.6 Å². The molecule has 2 atom stereocenters. The van der Waals surface area contributed by atoms with E-state index in [2.05, 4.69) is 4.98 Å². The van der Waals surface area contributed by atoms with E-state index in [1.165, 1.54) is 0 Å². The first-order valence-corrected chi connectivity index (χ1v) is 9.31. The highest BCUT2D eigenvalue weighted by atomic mass is 16.5. The summed E-state index contributed by atoms with van der Waals surface area (Å²) in [5, 5.41) is 0. The summed E-state index contributed by atoms with van der Waals surface area (Å²) in [4.78, 5) is 28.4. The van der Waals surface area contributed by atoms with Crippen molar-refractivity contribution >= 4 is 11.7 Å². The van der Waals surface area contributed by atoms with Gasteiger partial charge in [0.1, 0.15) is 17.6 Å². The van der Waals surface area contributed by atoms with Gasteiger partial charge >= 0.3 is 0 Å². The predicted octanol–water partition coefficient (Wildman–Crippen LogP) is 3.56. The van der Waals surface area contributed by atoms with E-state index in [0.717, 1.165) is 5.56 Å². The van der Waals surface area contributed by atoms with Crippen LogP contribution in [0.3, 0.4) is 0 Å². The van der Waals surface area contributed by atoms with Crippen LogP contribution in [0.5, 0.6) is 11.5 Å². The Bertz CT molecular complexity index is 1070. The van der Waals surface area contributed by atoms with Crippen LogP contribution in [0.25, 0.3) is 0 Å². The van der Waals surface area contributed by atoms with Crippen LogP contribution < -0.4 is 15.2 Å². The summed E-state index contributed by atoms with van der Waals surface area (Å²) in [5.74, 6) is 0.384. The zero-order valence-corrected chi connectivity index (χ0v) is 15.9. The number of ketones is 1. The number of hydrogen-bond donors (Lipinski definition) is 1. The molecule has 2 heterocycles. The quantitative estimate of drug-likeness (QED) is 0.722. The molecule has 0 radical (unpaired) electrons. The Hall–Kier alpha value is -3.67. The lowest BCUT2D eigenvalue weighted by molar-refractivity contribution is 0.0847. The first-order chi connectivity index (χ1) is 14.0. The van der Waals surface area contributed by atoms with Crippen LogP contribution in [-0.2, 0) is 0 Å². The maximum absolute atomic E-state index is 12.3. The zero-order chi connectivity index (χ0) is 20.4. The minimum Gasteiger partial charge on any atom is -0.492 e. The SMILES string of the molecule is C[C@H]1COc2cc(O[C@H](c3ccncc3)c3ccccc3C(N)=O)ccc2C1=O. The van der Waals surface area contributed by atoms with Gasteiger partial charge in [0, 0.05) is 29.6 Å². The molecule has 4 rings (SSSR count). The maximum atomic E-state index is 12.3. The van der Waals surface area contributed by atoms with E-state index in [-0.39, 0.29) is 11.7 Å². The number of Topliss-reactive ketones (excluding diaryl/α,β-unsaturated/α-hetero) is 1. The van der Waals surface area contributed by atoms with E-state index < -0.39 is 12.0 Å². The van der Waals surface area contributed by atoms with E-state index in [1.54, 1.807) is 42.7 Å². The van der Waals surface area contributed by atoms with Gasteiger partial charge in [-0.1, -0.05) is 25.1 Å². The lowest BCUT2D eigenvalue weighted by Crippen LogP contribution is -2.25. The van der Waals surface area contributed by atoms with Gasteiger partial charge in [-0.25, -0.2) is 0 Å². The average Bonchev–Trinajstić information content (AvgIpc) is 2.75. The topological polar surface area (TPSA) is 91.5 Å². The molecule has 0 saturated heterocycles. The molecule has 1 aliphatic rings. The van der Waals surface area contributed by atoms with Crippen LogP contribution >= 0.6 is 0 Å². The monoisotopic (exact) mass is 388 g/mol. The van der Waals surface area contributed by atoms with Gasteiger partial charge in [0.15, 0.2) is 5.78 Å². The third-order valence-electron chi connectivity index (χ3n) is 4.93. The molecular weight excluding hydrogens is 368 g/mol. The Kier molecular flexibility index (Phi) is 4.99. The van der Waals surface area contributed by atoms with Crippen molar-refractivity contribution in [1.29, 1.82) is 0 Å². The van der Waals surface area contributed by atoms with Gasteiger partial charge in [-0.2, -0.15) is 0 Å². The summed E-state index contributed by atoms with van der Waals surface area (Å²) < 4.78 is 12.0. The molecule has 3 aromatic rings. The molecule has 1 amide bonds. The third-order valence-corrected chi connectivity index (χ3v) is 4.93. The van der Waals surface area contributed by atoms with Gasteiger partial charge < -0.3 is 15.2 Å². The van der Waals surface area contributed by atoms with Crippen molar-refractivity contribution in [3.63, 3.8) is 0 Å². The van der Waals surface area contributed by atoms with Crippen molar-refractivity contribution in [2.45, 2.75) is 13.0 Å². The molecule has 0 bridgehead atoms. The number of nitrogens with zero attached hydrogens (tertiary/aromatic N) is 1. The molecule has 6 nitrogen and oxygen atoms in total. The Morgan fingerprint density at radius 2 is 1.93 bits per heavy atom. The number of amides is 1. The number of primary amides is 1. The summed E-state index contributed by atoms with van der Waals surface area (Å²) in [6, 6.07) is 15.9. The van der Waals surface area contributed by atoms with Gasteiger partial charge in [0.2, 0.25) is 5.91 Å². The van der Waals surface area contributed by atoms with Crippen LogP contribution in [0.4, 0.5) is 0 Å². The fourth-order valence-electron chi connectivity index (χ4n) is 3.39. The van der Waals surface area contributed by atoms with E-state index >= 15 is 0 Å². The molecule has 0 unspecified atom stereocenters. The smallest absolute Gasteiger partial charge is 0.249 e. The molecule has 2 N–H and O–H groups in total. The Balaban J connectivity index is 1.75. The summed E-state index contributed by atoms with van der Waals surface area (Å²) in [6.45, 7) is 2.18. The number of carbonyl (C=O) groups is 2. The van der Waals surface area contributed by atoms with Crippen molar-refractivity contribution in [2.24, 2.45) is 11.7 Å².